The van der Waals surface area contributed by atoms with Gasteiger partial charge in [0, 0.05) is 48.6 Å². The van der Waals surface area contributed by atoms with Crippen LogP contribution in [0, 0.1) is 0 Å². The van der Waals surface area contributed by atoms with Gasteiger partial charge in [-0.25, -0.2) is 15.0 Å². The van der Waals surface area contributed by atoms with Crippen LogP contribution < -0.4 is 0 Å². The van der Waals surface area contributed by atoms with Crippen molar-refractivity contribution < 1.29 is 0 Å². The van der Waals surface area contributed by atoms with Gasteiger partial charge in [-0.2, -0.15) is 0 Å². The van der Waals surface area contributed by atoms with Gasteiger partial charge in [-0.3, -0.25) is 4.98 Å². The van der Waals surface area contributed by atoms with E-state index in [0.29, 0.717) is 17.5 Å². The molecule has 0 unspecified atom stereocenters. The molecule has 0 radical (unpaired) electrons. The molecule has 0 saturated heterocycles. The maximum absolute atomic E-state index is 5.01. The molecule has 0 spiro atoms. The molecule has 256 valence electrons. The average Bonchev–Trinajstić information content (AvgIpc) is 3.66. The average molecular weight is 719 g/mol. The number of hydrogen-bond donors (Lipinski definition) is 0. The zero-order valence-electron chi connectivity index (χ0n) is 29.5. The van der Waals surface area contributed by atoms with Crippen LogP contribution >= 0.6 is 11.3 Å². The van der Waals surface area contributed by atoms with Crippen molar-refractivity contribution in [1.82, 2.24) is 19.9 Å². The quantitative estimate of drug-likeness (QED) is 0.166. The minimum Gasteiger partial charge on any atom is -0.256 e. The molecule has 0 N–H and O–H groups in total. The van der Waals surface area contributed by atoms with Gasteiger partial charge in [-0.1, -0.05) is 146 Å². The SMILES string of the molecule is c1ccc(-c2nc(-c3ccc(-c4ccc5c(c4)c4ccccc4c4c5ccc5sc6ccccc6c54)cc3)nc(-c3ccc(-c4ccccn4)cc3)n2)cc1. The number of aromatic nitrogens is 4. The zero-order valence-corrected chi connectivity index (χ0v) is 30.3. The van der Waals surface area contributed by atoms with Gasteiger partial charge in [-0.15, -0.1) is 11.3 Å². The number of thiophene rings is 1. The van der Waals surface area contributed by atoms with Gasteiger partial charge in [0.05, 0.1) is 5.69 Å². The van der Waals surface area contributed by atoms with Crippen LogP contribution in [-0.4, -0.2) is 19.9 Å². The Morgan fingerprint density at radius 1 is 0.309 bits per heavy atom. The Bertz CT molecular complexity index is 3210. The van der Waals surface area contributed by atoms with Crippen molar-refractivity contribution in [3.63, 3.8) is 0 Å². The van der Waals surface area contributed by atoms with E-state index in [1.807, 2.05) is 66.1 Å². The van der Waals surface area contributed by atoms with Crippen LogP contribution in [0.4, 0.5) is 0 Å². The summed E-state index contributed by atoms with van der Waals surface area (Å²) in [5, 5.41) is 10.4. The first-order valence-corrected chi connectivity index (χ1v) is 19.2. The van der Waals surface area contributed by atoms with Crippen LogP contribution in [0.2, 0.25) is 0 Å². The molecule has 0 aliphatic heterocycles. The predicted octanol–water partition coefficient (Wildman–Crippen LogP) is 13.4. The third-order valence-corrected chi connectivity index (χ3v) is 11.7. The normalized spacial score (nSPS) is 11.6. The van der Waals surface area contributed by atoms with Crippen molar-refractivity contribution >= 4 is 63.8 Å². The third-order valence-electron chi connectivity index (χ3n) is 10.6. The Kier molecular flexibility index (Phi) is 7.32. The van der Waals surface area contributed by atoms with Crippen LogP contribution in [0.25, 0.3) is 109 Å². The fourth-order valence-electron chi connectivity index (χ4n) is 7.92. The topological polar surface area (TPSA) is 51.6 Å². The molecular weight excluding hydrogens is 689 g/mol. The first kappa shape index (κ1) is 31.4. The summed E-state index contributed by atoms with van der Waals surface area (Å²) in [6.07, 6.45) is 1.81. The Morgan fingerprint density at radius 2 is 0.836 bits per heavy atom. The maximum atomic E-state index is 5.01. The lowest BCUT2D eigenvalue weighted by Gasteiger charge is -2.13. The lowest BCUT2D eigenvalue weighted by molar-refractivity contribution is 1.07. The molecule has 0 atom stereocenters. The zero-order chi connectivity index (χ0) is 36.3. The van der Waals surface area contributed by atoms with Gasteiger partial charge in [0.2, 0.25) is 0 Å². The van der Waals surface area contributed by atoms with Crippen molar-refractivity contribution in [2.24, 2.45) is 0 Å². The van der Waals surface area contributed by atoms with Crippen molar-refractivity contribution in [2.75, 3.05) is 0 Å². The van der Waals surface area contributed by atoms with Crippen LogP contribution in [0.3, 0.4) is 0 Å². The molecule has 11 aromatic rings. The van der Waals surface area contributed by atoms with E-state index in [9.17, 15) is 0 Å². The second kappa shape index (κ2) is 12.8. The lowest BCUT2D eigenvalue weighted by Crippen LogP contribution is -2.00. The monoisotopic (exact) mass is 718 g/mol. The second-order valence-electron chi connectivity index (χ2n) is 13.8. The molecule has 3 heterocycles. The van der Waals surface area contributed by atoms with Crippen LogP contribution in [0.15, 0.2) is 182 Å². The summed E-state index contributed by atoms with van der Waals surface area (Å²) >= 11 is 1.87. The highest BCUT2D eigenvalue weighted by atomic mass is 32.1. The number of rotatable bonds is 5. The predicted molar refractivity (Wildman–Crippen MR) is 230 cm³/mol. The van der Waals surface area contributed by atoms with E-state index in [-0.39, 0.29) is 0 Å². The highest BCUT2D eigenvalue weighted by Crippen LogP contribution is 2.45. The number of pyridine rings is 1. The number of hydrogen-bond acceptors (Lipinski definition) is 5. The fraction of sp³-hybridized carbons (Fsp3) is 0. The van der Waals surface area contributed by atoms with Gasteiger partial charge >= 0.3 is 0 Å². The van der Waals surface area contributed by atoms with Crippen molar-refractivity contribution in [3.8, 4) is 56.5 Å². The van der Waals surface area contributed by atoms with E-state index >= 15 is 0 Å². The van der Waals surface area contributed by atoms with Gasteiger partial charge in [-0.05, 0) is 73.8 Å². The molecule has 0 amide bonds. The summed E-state index contributed by atoms with van der Waals surface area (Å²) in [6, 6.07) is 62.0. The van der Waals surface area contributed by atoms with Gasteiger partial charge in [0.25, 0.3) is 0 Å². The van der Waals surface area contributed by atoms with Crippen LogP contribution in [0.1, 0.15) is 0 Å². The first-order chi connectivity index (χ1) is 27.2. The molecule has 11 rings (SSSR count). The molecule has 0 saturated carbocycles. The number of nitrogens with zero attached hydrogens (tertiary/aromatic N) is 4. The minimum absolute atomic E-state index is 0.627. The summed E-state index contributed by atoms with van der Waals surface area (Å²) < 4.78 is 2.66. The highest BCUT2D eigenvalue weighted by Gasteiger charge is 2.17. The Labute approximate surface area is 321 Å². The van der Waals surface area contributed by atoms with Crippen molar-refractivity contribution in [3.05, 3.63) is 182 Å². The second-order valence-corrected chi connectivity index (χ2v) is 14.9. The molecule has 8 aromatic carbocycles. The summed E-state index contributed by atoms with van der Waals surface area (Å²) in [5.41, 5.74) is 7.06. The Hall–Kier alpha value is -7.08. The molecule has 55 heavy (non-hydrogen) atoms. The third kappa shape index (κ3) is 5.36. The molecule has 3 aromatic heterocycles. The first-order valence-electron chi connectivity index (χ1n) is 18.4. The van der Waals surface area contributed by atoms with E-state index in [1.54, 1.807) is 0 Å². The van der Waals surface area contributed by atoms with Crippen LogP contribution in [0.5, 0.6) is 0 Å². The van der Waals surface area contributed by atoms with E-state index in [2.05, 4.69) is 132 Å². The van der Waals surface area contributed by atoms with E-state index in [4.69, 9.17) is 15.0 Å². The standard InChI is InChI=1S/C50H30N4S/c1-2-10-33(11-3-1)48-52-49(54-50(53-48)35-23-19-32(20-24-35)43-15-8-9-29-51-43)34-21-17-31(18-22-34)36-25-26-38-40-27-28-45-47(41-14-6-7-16-44(41)55-45)46(40)39-13-5-4-12-37(39)42(38)30-36/h1-30H. The van der Waals surface area contributed by atoms with Crippen LogP contribution in [-0.2, 0) is 0 Å². The number of benzene rings is 8. The van der Waals surface area contributed by atoms with Gasteiger partial charge < -0.3 is 0 Å². The molecular formula is C50H30N4S. The Morgan fingerprint density at radius 3 is 1.55 bits per heavy atom. The highest BCUT2D eigenvalue weighted by molar-refractivity contribution is 7.26. The summed E-state index contributed by atoms with van der Waals surface area (Å²) in [4.78, 5) is 19.4. The summed E-state index contributed by atoms with van der Waals surface area (Å²) in [5.74, 6) is 1.90. The molecule has 0 bridgehead atoms. The smallest absolute Gasteiger partial charge is 0.164 e. The van der Waals surface area contributed by atoms with Gasteiger partial charge in [0.15, 0.2) is 17.5 Å². The summed E-state index contributed by atoms with van der Waals surface area (Å²) in [7, 11) is 0. The summed E-state index contributed by atoms with van der Waals surface area (Å²) in [6.45, 7) is 0. The van der Waals surface area contributed by atoms with Crippen molar-refractivity contribution in [1.29, 1.82) is 0 Å². The van der Waals surface area contributed by atoms with E-state index in [0.717, 1.165) is 33.5 Å². The maximum Gasteiger partial charge on any atom is 0.164 e. The van der Waals surface area contributed by atoms with E-state index in [1.165, 1.54) is 58.1 Å². The molecule has 4 nitrogen and oxygen atoms in total. The van der Waals surface area contributed by atoms with E-state index < -0.39 is 0 Å². The fourth-order valence-corrected chi connectivity index (χ4v) is 9.04. The minimum atomic E-state index is 0.627. The molecule has 5 heteroatoms. The van der Waals surface area contributed by atoms with Gasteiger partial charge in [0.1, 0.15) is 0 Å². The number of fused-ring (bicyclic) bond motifs is 10. The van der Waals surface area contributed by atoms with Crippen molar-refractivity contribution in [2.45, 2.75) is 0 Å². The molecule has 0 aliphatic carbocycles. The largest absolute Gasteiger partial charge is 0.256 e. The Balaban J connectivity index is 1.01. The molecule has 0 aliphatic rings. The molecule has 0 fully saturated rings. The lowest BCUT2D eigenvalue weighted by atomic mass is 9.90.